The summed E-state index contributed by atoms with van der Waals surface area (Å²) in [5.41, 5.74) is 1.53. The fraction of sp³-hybridized carbons (Fsp3) is 0.357. The molecule has 1 atom stereocenters. The normalized spacial score (nSPS) is 17.8. The van der Waals surface area contributed by atoms with Crippen LogP contribution < -0.4 is 0 Å². The largest absolute Gasteiger partial charge is 0.434 e. The summed E-state index contributed by atoms with van der Waals surface area (Å²) in [6.07, 6.45) is -3.37. The molecule has 3 rings (SSSR count). The highest BCUT2D eigenvalue weighted by Crippen LogP contribution is 2.38. The van der Waals surface area contributed by atoms with Gasteiger partial charge < -0.3 is 9.67 Å². The Hall–Kier alpha value is -1.82. The van der Waals surface area contributed by atoms with Gasteiger partial charge in [0.05, 0.1) is 6.61 Å². The Morgan fingerprint density at radius 2 is 2.15 bits per heavy atom. The Balaban J connectivity index is 2.16. The van der Waals surface area contributed by atoms with Gasteiger partial charge >= 0.3 is 6.18 Å². The molecule has 2 aromatic rings. The molecule has 1 aromatic heterocycles. The van der Waals surface area contributed by atoms with Crippen molar-refractivity contribution in [1.82, 2.24) is 9.55 Å². The zero-order valence-electron chi connectivity index (χ0n) is 10.8. The van der Waals surface area contributed by atoms with Crippen molar-refractivity contribution in [1.29, 1.82) is 0 Å². The fourth-order valence-corrected chi connectivity index (χ4v) is 2.62. The molecule has 1 aromatic carbocycles. The van der Waals surface area contributed by atoms with Gasteiger partial charge in [-0.05, 0) is 17.0 Å². The van der Waals surface area contributed by atoms with Crippen LogP contribution in [0.1, 0.15) is 29.7 Å². The van der Waals surface area contributed by atoms with Crippen LogP contribution in [0.25, 0.3) is 11.4 Å². The third-order valence-corrected chi connectivity index (χ3v) is 3.61. The van der Waals surface area contributed by atoms with E-state index in [1.807, 2.05) is 13.0 Å². The molecule has 0 amide bonds. The summed E-state index contributed by atoms with van der Waals surface area (Å²) in [7, 11) is 0. The molecule has 0 bridgehead atoms. The van der Waals surface area contributed by atoms with Gasteiger partial charge in [0.1, 0.15) is 5.82 Å². The molecule has 0 aliphatic carbocycles. The molecule has 0 spiro atoms. The maximum Gasteiger partial charge on any atom is 0.434 e. The lowest BCUT2D eigenvalue weighted by Gasteiger charge is -2.24. The minimum Gasteiger partial charge on any atom is -0.392 e. The summed E-state index contributed by atoms with van der Waals surface area (Å²) in [6, 6.07) is 5.28. The topological polar surface area (TPSA) is 38.0 Å². The second-order valence-corrected chi connectivity index (χ2v) is 5.08. The molecule has 1 N–H and O–H groups in total. The molecule has 2 heterocycles. The maximum atomic E-state index is 12.8. The van der Waals surface area contributed by atoms with Crippen LogP contribution >= 0.6 is 0 Å². The number of halogens is 3. The van der Waals surface area contributed by atoms with Crippen molar-refractivity contribution in [3.8, 4) is 11.4 Å². The Kier molecular flexibility index (Phi) is 2.86. The standard InChI is InChI=1S/C14H13F3N2O/c1-8-5-19-6-12(14(15,16)17)18-13(19)10-3-2-9(7-20)4-11(8)10/h2-4,6,8,20H,5,7H2,1H3. The van der Waals surface area contributed by atoms with Gasteiger partial charge in [0.2, 0.25) is 0 Å². The summed E-state index contributed by atoms with van der Waals surface area (Å²) in [6.45, 7) is 2.33. The maximum absolute atomic E-state index is 12.8. The minimum absolute atomic E-state index is 0.0811. The van der Waals surface area contributed by atoms with E-state index < -0.39 is 11.9 Å². The highest BCUT2D eigenvalue weighted by atomic mass is 19.4. The van der Waals surface area contributed by atoms with Crippen LogP contribution in [0.15, 0.2) is 24.4 Å². The van der Waals surface area contributed by atoms with E-state index in [2.05, 4.69) is 4.98 Å². The van der Waals surface area contributed by atoms with Gasteiger partial charge in [0, 0.05) is 18.3 Å². The predicted octanol–water partition coefficient (Wildman–Crippen LogP) is 3.18. The van der Waals surface area contributed by atoms with E-state index in [1.54, 1.807) is 16.7 Å². The molecule has 106 valence electrons. The molecule has 1 aliphatic heterocycles. The van der Waals surface area contributed by atoms with Crippen molar-refractivity contribution >= 4 is 0 Å². The number of alkyl halides is 3. The van der Waals surface area contributed by atoms with Crippen molar-refractivity contribution in [3.05, 3.63) is 41.2 Å². The molecule has 0 saturated heterocycles. The first kappa shape index (κ1) is 13.2. The molecule has 1 unspecified atom stereocenters. The fourth-order valence-electron chi connectivity index (χ4n) is 2.62. The molecular formula is C14H13F3N2O. The van der Waals surface area contributed by atoms with Crippen LogP contribution in [0.2, 0.25) is 0 Å². The van der Waals surface area contributed by atoms with E-state index >= 15 is 0 Å². The van der Waals surface area contributed by atoms with E-state index in [0.717, 1.165) is 17.3 Å². The smallest absolute Gasteiger partial charge is 0.392 e. The van der Waals surface area contributed by atoms with Crippen molar-refractivity contribution in [3.63, 3.8) is 0 Å². The van der Waals surface area contributed by atoms with Crippen molar-refractivity contribution < 1.29 is 18.3 Å². The van der Waals surface area contributed by atoms with Crippen LogP contribution in [0, 0.1) is 0 Å². The van der Waals surface area contributed by atoms with Crippen LogP contribution in [0.3, 0.4) is 0 Å². The third kappa shape index (κ3) is 2.00. The molecule has 0 saturated carbocycles. The van der Waals surface area contributed by atoms with Crippen molar-refractivity contribution in [2.24, 2.45) is 0 Å². The summed E-state index contributed by atoms with van der Waals surface area (Å²) in [5.74, 6) is 0.425. The molecule has 3 nitrogen and oxygen atoms in total. The quantitative estimate of drug-likeness (QED) is 0.872. The summed E-state index contributed by atoms with van der Waals surface area (Å²) in [5, 5.41) is 9.16. The Labute approximate surface area is 113 Å². The lowest BCUT2D eigenvalue weighted by molar-refractivity contribution is -0.140. The molecule has 20 heavy (non-hydrogen) atoms. The number of benzene rings is 1. The number of fused-ring (bicyclic) bond motifs is 3. The van der Waals surface area contributed by atoms with Gasteiger partial charge in [-0.3, -0.25) is 0 Å². The second-order valence-electron chi connectivity index (χ2n) is 5.08. The zero-order valence-corrected chi connectivity index (χ0v) is 10.8. The summed E-state index contributed by atoms with van der Waals surface area (Å²) >= 11 is 0. The van der Waals surface area contributed by atoms with E-state index in [9.17, 15) is 13.2 Å². The Morgan fingerprint density at radius 3 is 2.80 bits per heavy atom. The molecule has 0 radical (unpaired) electrons. The number of hydrogen-bond acceptors (Lipinski definition) is 2. The van der Waals surface area contributed by atoms with E-state index in [4.69, 9.17) is 5.11 Å². The van der Waals surface area contributed by atoms with Gasteiger partial charge in [-0.1, -0.05) is 25.1 Å². The SMILES string of the molecule is CC1Cn2cc(C(F)(F)F)nc2-c2ccc(CO)cc21. The first-order chi connectivity index (χ1) is 9.40. The highest BCUT2D eigenvalue weighted by Gasteiger charge is 2.36. The monoisotopic (exact) mass is 282 g/mol. The first-order valence-corrected chi connectivity index (χ1v) is 6.28. The number of aliphatic hydroxyl groups excluding tert-OH is 1. The first-order valence-electron chi connectivity index (χ1n) is 6.28. The Bertz CT molecular complexity index is 661. The van der Waals surface area contributed by atoms with Gasteiger partial charge in [-0.2, -0.15) is 13.2 Å². The van der Waals surface area contributed by atoms with Gasteiger partial charge in [-0.15, -0.1) is 0 Å². The third-order valence-electron chi connectivity index (χ3n) is 3.61. The number of imidazole rings is 1. The average Bonchev–Trinajstić information content (AvgIpc) is 2.82. The molecular weight excluding hydrogens is 269 g/mol. The molecule has 1 aliphatic rings. The number of aliphatic hydroxyl groups is 1. The summed E-state index contributed by atoms with van der Waals surface area (Å²) < 4.78 is 39.8. The van der Waals surface area contributed by atoms with Crippen LogP contribution in [0.4, 0.5) is 13.2 Å². The summed E-state index contributed by atoms with van der Waals surface area (Å²) in [4.78, 5) is 3.73. The van der Waals surface area contributed by atoms with E-state index in [-0.39, 0.29) is 12.5 Å². The van der Waals surface area contributed by atoms with Crippen LogP contribution in [-0.4, -0.2) is 14.7 Å². The minimum atomic E-state index is -4.43. The second kappa shape index (κ2) is 4.34. The number of aromatic nitrogens is 2. The van der Waals surface area contributed by atoms with Crippen LogP contribution in [0.5, 0.6) is 0 Å². The number of hydrogen-bond donors (Lipinski definition) is 1. The zero-order chi connectivity index (χ0) is 14.5. The lowest BCUT2D eigenvalue weighted by Crippen LogP contribution is -2.14. The van der Waals surface area contributed by atoms with Gasteiger partial charge in [0.15, 0.2) is 5.69 Å². The predicted molar refractivity (Wildman–Crippen MR) is 67.0 cm³/mol. The van der Waals surface area contributed by atoms with E-state index in [1.165, 1.54) is 0 Å². The Morgan fingerprint density at radius 1 is 1.40 bits per heavy atom. The van der Waals surface area contributed by atoms with Gasteiger partial charge in [0.25, 0.3) is 0 Å². The highest BCUT2D eigenvalue weighted by molar-refractivity contribution is 5.64. The molecule has 6 heteroatoms. The van der Waals surface area contributed by atoms with E-state index in [0.29, 0.717) is 17.9 Å². The molecule has 0 fully saturated rings. The number of rotatable bonds is 1. The lowest BCUT2D eigenvalue weighted by atomic mass is 9.90. The average molecular weight is 282 g/mol. The van der Waals surface area contributed by atoms with Crippen LogP contribution in [-0.2, 0) is 19.3 Å². The van der Waals surface area contributed by atoms with Gasteiger partial charge in [-0.25, -0.2) is 4.98 Å². The van der Waals surface area contributed by atoms with Crippen molar-refractivity contribution in [2.75, 3.05) is 0 Å². The number of nitrogens with zero attached hydrogens (tertiary/aromatic N) is 2. The van der Waals surface area contributed by atoms with Crippen molar-refractivity contribution in [2.45, 2.75) is 32.2 Å².